The molecule has 6 nitrogen and oxygen atoms in total. The number of hydrogen-bond donors (Lipinski definition) is 1. The van der Waals surface area contributed by atoms with Crippen LogP contribution in [0.3, 0.4) is 0 Å². The summed E-state index contributed by atoms with van der Waals surface area (Å²) < 4.78 is 0. The lowest BCUT2D eigenvalue weighted by atomic mass is 9.49. The molecule has 1 aromatic carbocycles. The zero-order chi connectivity index (χ0) is 23.4. The molecule has 1 atom stereocenters. The van der Waals surface area contributed by atoms with E-state index in [0.29, 0.717) is 5.91 Å². The predicted molar refractivity (Wildman–Crippen MR) is 135 cm³/mol. The van der Waals surface area contributed by atoms with E-state index in [1.165, 1.54) is 30.5 Å². The SMILES string of the molecule is Cc1cc(NC(=O)C2CCCN2C(=O)C23CC4CC(CC(C4)C2)C3)ccc1N1CCN(C)CC1. The number of hydrogen-bond acceptors (Lipinski definition) is 4. The number of rotatable bonds is 4. The van der Waals surface area contributed by atoms with E-state index in [1.54, 1.807) is 0 Å². The number of piperazine rings is 1. The molecule has 7 rings (SSSR count). The quantitative estimate of drug-likeness (QED) is 0.735. The Bertz CT molecular complexity index is 932. The highest BCUT2D eigenvalue weighted by molar-refractivity contribution is 5.98. The molecule has 4 bridgehead atoms. The predicted octanol–water partition coefficient (Wildman–Crippen LogP) is 3.89. The molecule has 0 aromatic heterocycles. The fourth-order valence-electron chi connectivity index (χ4n) is 8.32. The number of aryl methyl sites for hydroxylation is 1. The van der Waals surface area contributed by atoms with Gasteiger partial charge in [-0.25, -0.2) is 0 Å². The number of carbonyl (C=O) groups excluding carboxylic acids is 2. The van der Waals surface area contributed by atoms with Gasteiger partial charge < -0.3 is 20.0 Å². The van der Waals surface area contributed by atoms with Crippen LogP contribution >= 0.6 is 0 Å². The van der Waals surface area contributed by atoms with Gasteiger partial charge in [-0.05, 0) is 107 Å². The summed E-state index contributed by atoms with van der Waals surface area (Å²) in [5.41, 5.74) is 3.12. The summed E-state index contributed by atoms with van der Waals surface area (Å²) in [5.74, 6) is 2.51. The monoisotopic (exact) mass is 464 g/mol. The molecule has 1 aromatic rings. The Labute approximate surface area is 204 Å². The van der Waals surface area contributed by atoms with Gasteiger partial charge in [-0.2, -0.15) is 0 Å². The zero-order valence-electron chi connectivity index (χ0n) is 20.9. The van der Waals surface area contributed by atoms with Crippen LogP contribution in [-0.2, 0) is 9.59 Å². The van der Waals surface area contributed by atoms with E-state index in [-0.39, 0.29) is 17.4 Å². The van der Waals surface area contributed by atoms with Gasteiger partial charge in [0.1, 0.15) is 6.04 Å². The van der Waals surface area contributed by atoms with Crippen molar-refractivity contribution in [1.29, 1.82) is 0 Å². The van der Waals surface area contributed by atoms with Crippen molar-refractivity contribution in [2.24, 2.45) is 23.2 Å². The third-order valence-corrected chi connectivity index (χ3v) is 9.62. The van der Waals surface area contributed by atoms with Gasteiger partial charge in [-0.1, -0.05) is 0 Å². The number of benzene rings is 1. The molecule has 6 heteroatoms. The van der Waals surface area contributed by atoms with E-state index < -0.39 is 0 Å². The first kappa shape index (κ1) is 22.4. The molecule has 0 radical (unpaired) electrons. The molecule has 0 spiro atoms. The molecule has 2 heterocycles. The van der Waals surface area contributed by atoms with Crippen molar-refractivity contribution in [1.82, 2.24) is 9.80 Å². The van der Waals surface area contributed by atoms with E-state index in [2.05, 4.69) is 41.2 Å². The number of nitrogens with zero attached hydrogens (tertiary/aromatic N) is 3. The highest BCUT2D eigenvalue weighted by Gasteiger charge is 2.56. The summed E-state index contributed by atoms with van der Waals surface area (Å²) in [6, 6.07) is 5.94. The van der Waals surface area contributed by atoms with Crippen LogP contribution in [0.1, 0.15) is 56.9 Å². The van der Waals surface area contributed by atoms with Gasteiger partial charge in [0.2, 0.25) is 11.8 Å². The Balaban J connectivity index is 1.14. The van der Waals surface area contributed by atoms with Gasteiger partial charge >= 0.3 is 0 Å². The van der Waals surface area contributed by atoms with Gasteiger partial charge in [0.05, 0.1) is 5.41 Å². The highest BCUT2D eigenvalue weighted by atomic mass is 16.2. The number of nitrogens with one attached hydrogen (secondary N) is 1. The lowest BCUT2D eigenvalue weighted by molar-refractivity contribution is -0.160. The lowest BCUT2D eigenvalue weighted by Gasteiger charge is -2.56. The molecule has 2 saturated heterocycles. The second-order valence-electron chi connectivity index (χ2n) is 12.1. The fraction of sp³-hybridized carbons (Fsp3) is 0.714. The lowest BCUT2D eigenvalue weighted by Crippen LogP contribution is -2.56. The molecule has 1 N–H and O–H groups in total. The van der Waals surface area contributed by atoms with Crippen molar-refractivity contribution >= 4 is 23.2 Å². The van der Waals surface area contributed by atoms with Crippen LogP contribution < -0.4 is 10.2 Å². The summed E-state index contributed by atoms with van der Waals surface area (Å²) >= 11 is 0. The average Bonchev–Trinajstić information content (AvgIpc) is 3.29. The zero-order valence-corrected chi connectivity index (χ0v) is 20.9. The Morgan fingerprint density at radius 2 is 1.59 bits per heavy atom. The topological polar surface area (TPSA) is 55.9 Å². The smallest absolute Gasteiger partial charge is 0.247 e. The molecule has 34 heavy (non-hydrogen) atoms. The third-order valence-electron chi connectivity index (χ3n) is 9.62. The van der Waals surface area contributed by atoms with Crippen LogP contribution in [0.4, 0.5) is 11.4 Å². The maximum Gasteiger partial charge on any atom is 0.247 e. The second kappa shape index (κ2) is 8.54. The van der Waals surface area contributed by atoms with Gasteiger partial charge in [0, 0.05) is 44.1 Å². The van der Waals surface area contributed by atoms with Crippen LogP contribution in [0.2, 0.25) is 0 Å². The maximum atomic E-state index is 13.9. The fourth-order valence-corrected chi connectivity index (χ4v) is 8.32. The van der Waals surface area contributed by atoms with Gasteiger partial charge in [0.25, 0.3) is 0 Å². The molecule has 4 saturated carbocycles. The maximum absolute atomic E-state index is 13.9. The summed E-state index contributed by atoms with van der Waals surface area (Å²) in [7, 11) is 2.17. The minimum absolute atomic E-state index is 0.0117. The Morgan fingerprint density at radius 1 is 0.941 bits per heavy atom. The number of carbonyl (C=O) groups is 2. The minimum Gasteiger partial charge on any atom is -0.369 e. The van der Waals surface area contributed by atoms with Crippen LogP contribution in [0, 0.1) is 30.1 Å². The first-order valence-corrected chi connectivity index (χ1v) is 13.6. The number of likely N-dealkylation sites (tertiary alicyclic amines) is 1. The minimum atomic E-state index is -0.321. The van der Waals surface area contributed by atoms with E-state index >= 15 is 0 Å². The van der Waals surface area contributed by atoms with Crippen molar-refractivity contribution in [2.45, 2.75) is 64.3 Å². The summed E-state index contributed by atoms with van der Waals surface area (Å²) in [6.07, 6.45) is 8.90. The van der Waals surface area contributed by atoms with E-state index in [1.807, 2.05) is 11.0 Å². The van der Waals surface area contributed by atoms with Crippen LogP contribution in [-0.4, -0.2) is 67.4 Å². The van der Waals surface area contributed by atoms with E-state index in [9.17, 15) is 9.59 Å². The van der Waals surface area contributed by atoms with Crippen molar-refractivity contribution in [3.63, 3.8) is 0 Å². The average molecular weight is 465 g/mol. The van der Waals surface area contributed by atoms with E-state index in [0.717, 1.165) is 88.3 Å². The van der Waals surface area contributed by atoms with Crippen molar-refractivity contribution in [2.75, 3.05) is 50.0 Å². The standard InChI is InChI=1S/C28H40N4O2/c1-19-12-23(5-6-24(19)31-10-8-30(2)9-11-31)29-26(33)25-4-3-7-32(25)27(34)28-16-20-13-21(17-28)15-22(14-20)18-28/h5-6,12,20-22,25H,3-4,7-11,13-18H2,1-2H3,(H,29,33). The van der Waals surface area contributed by atoms with Crippen molar-refractivity contribution in [3.05, 3.63) is 23.8 Å². The normalized spacial score (nSPS) is 35.1. The largest absolute Gasteiger partial charge is 0.369 e. The second-order valence-corrected chi connectivity index (χ2v) is 12.1. The molecular formula is C28H40N4O2. The van der Waals surface area contributed by atoms with Crippen LogP contribution in [0.5, 0.6) is 0 Å². The molecule has 6 fully saturated rings. The third kappa shape index (κ3) is 3.92. The Kier molecular flexibility index (Phi) is 5.63. The number of amides is 2. The summed E-state index contributed by atoms with van der Waals surface area (Å²) in [6.45, 7) is 7.08. The van der Waals surface area contributed by atoms with Gasteiger partial charge in [-0.15, -0.1) is 0 Å². The van der Waals surface area contributed by atoms with Crippen molar-refractivity contribution < 1.29 is 9.59 Å². The highest BCUT2D eigenvalue weighted by Crippen LogP contribution is 2.60. The summed E-state index contributed by atoms with van der Waals surface area (Å²) in [5, 5.41) is 3.16. The van der Waals surface area contributed by atoms with Gasteiger partial charge in [0.15, 0.2) is 0 Å². The molecule has 1 unspecified atom stereocenters. The molecule has 2 aliphatic heterocycles. The first-order chi connectivity index (χ1) is 16.4. The molecular weight excluding hydrogens is 424 g/mol. The van der Waals surface area contributed by atoms with Crippen molar-refractivity contribution in [3.8, 4) is 0 Å². The molecule has 4 aliphatic carbocycles. The first-order valence-electron chi connectivity index (χ1n) is 13.6. The molecule has 2 amide bonds. The number of anilines is 2. The number of likely N-dealkylation sites (N-methyl/N-ethyl adjacent to an activating group) is 1. The summed E-state index contributed by atoms with van der Waals surface area (Å²) in [4.78, 5) is 34.0. The Morgan fingerprint density at radius 3 is 2.21 bits per heavy atom. The van der Waals surface area contributed by atoms with E-state index in [4.69, 9.17) is 0 Å². The van der Waals surface area contributed by atoms with Crippen LogP contribution in [0.15, 0.2) is 18.2 Å². The van der Waals surface area contributed by atoms with Crippen LogP contribution in [0.25, 0.3) is 0 Å². The molecule has 184 valence electrons. The molecule has 6 aliphatic rings. The Hall–Kier alpha value is -2.08. The van der Waals surface area contributed by atoms with Gasteiger partial charge in [-0.3, -0.25) is 9.59 Å².